The number of carbonyl (C=O) groups excluding carboxylic acids is 1. The van der Waals surface area contributed by atoms with Gasteiger partial charge in [-0.25, -0.2) is 0 Å². The number of thiophene rings is 1. The molecule has 0 saturated carbocycles. The minimum absolute atomic E-state index is 0.0241. The highest BCUT2D eigenvalue weighted by atomic mass is 32.1. The predicted molar refractivity (Wildman–Crippen MR) is 112 cm³/mol. The molecule has 2 aromatic carbocycles. The third-order valence-electron chi connectivity index (χ3n) is 4.44. The van der Waals surface area contributed by atoms with Crippen LogP contribution in [0.2, 0.25) is 0 Å². The highest BCUT2D eigenvalue weighted by molar-refractivity contribution is 7.13. The summed E-state index contributed by atoms with van der Waals surface area (Å²) in [6.45, 7) is 3.96. The molecule has 0 fully saturated rings. The van der Waals surface area contributed by atoms with Gasteiger partial charge in [0.25, 0.3) is 0 Å². The number of amides is 1. The zero-order valence-electron chi connectivity index (χ0n) is 15.9. The summed E-state index contributed by atoms with van der Waals surface area (Å²) in [5.74, 6) is 0.471. The van der Waals surface area contributed by atoms with Crippen LogP contribution in [0.1, 0.15) is 30.9 Å². The molecule has 0 bridgehead atoms. The van der Waals surface area contributed by atoms with E-state index in [1.165, 1.54) is 4.88 Å². The van der Waals surface area contributed by atoms with E-state index >= 15 is 0 Å². The lowest BCUT2D eigenvalue weighted by atomic mass is 9.89. The van der Waals surface area contributed by atoms with E-state index in [-0.39, 0.29) is 17.9 Å². The van der Waals surface area contributed by atoms with Crippen LogP contribution in [-0.2, 0) is 11.2 Å². The van der Waals surface area contributed by atoms with Gasteiger partial charge in [-0.15, -0.1) is 11.3 Å². The molecular formula is C23H25NO2S. The number of hydrogen-bond acceptors (Lipinski definition) is 3. The number of carbonyl (C=O) groups is 1. The topological polar surface area (TPSA) is 38.3 Å². The van der Waals surface area contributed by atoms with Crippen LogP contribution in [0.5, 0.6) is 5.75 Å². The van der Waals surface area contributed by atoms with Crippen LogP contribution in [0.25, 0.3) is 10.4 Å². The van der Waals surface area contributed by atoms with Crippen LogP contribution in [0.15, 0.2) is 66.0 Å². The van der Waals surface area contributed by atoms with Gasteiger partial charge in [0.1, 0.15) is 5.75 Å². The summed E-state index contributed by atoms with van der Waals surface area (Å²) in [5.41, 5.74) is 3.15. The maximum absolute atomic E-state index is 13.0. The summed E-state index contributed by atoms with van der Waals surface area (Å²) in [5, 5.41) is 5.12. The maximum atomic E-state index is 13.0. The molecule has 0 spiro atoms. The summed E-state index contributed by atoms with van der Waals surface area (Å²) in [7, 11) is 1.66. The van der Waals surface area contributed by atoms with Crippen molar-refractivity contribution >= 4 is 17.2 Å². The van der Waals surface area contributed by atoms with Gasteiger partial charge in [0, 0.05) is 16.5 Å². The number of hydrogen-bond donors (Lipinski definition) is 1. The van der Waals surface area contributed by atoms with Crippen molar-refractivity contribution in [1.29, 1.82) is 0 Å². The van der Waals surface area contributed by atoms with E-state index < -0.39 is 0 Å². The SMILES string of the molecule is COc1cc(-c2cccs2)ccc1C(Cc1ccccc1)C(=O)NC(C)C. The first kappa shape index (κ1) is 19.2. The normalized spacial score (nSPS) is 12.0. The largest absolute Gasteiger partial charge is 0.496 e. The fourth-order valence-corrected chi connectivity index (χ4v) is 3.90. The Morgan fingerprint density at radius 3 is 2.48 bits per heavy atom. The first-order valence-electron chi connectivity index (χ1n) is 9.14. The standard InChI is InChI=1S/C23H25NO2S/c1-16(2)24-23(25)20(14-17-8-5-4-6-9-17)19-12-11-18(15-21(19)26-3)22-10-7-13-27-22/h4-13,15-16,20H,14H2,1-3H3,(H,24,25). The molecular weight excluding hydrogens is 354 g/mol. The van der Waals surface area contributed by atoms with Gasteiger partial charge in [-0.3, -0.25) is 4.79 Å². The third-order valence-corrected chi connectivity index (χ3v) is 5.36. The minimum Gasteiger partial charge on any atom is -0.496 e. The van der Waals surface area contributed by atoms with Crippen molar-refractivity contribution in [2.45, 2.75) is 32.2 Å². The smallest absolute Gasteiger partial charge is 0.228 e. The Balaban J connectivity index is 1.98. The van der Waals surface area contributed by atoms with E-state index in [0.29, 0.717) is 6.42 Å². The van der Waals surface area contributed by atoms with E-state index in [1.54, 1.807) is 18.4 Å². The molecule has 4 heteroatoms. The molecule has 1 amide bonds. The lowest BCUT2D eigenvalue weighted by Gasteiger charge is -2.21. The van der Waals surface area contributed by atoms with Crippen molar-refractivity contribution in [3.63, 3.8) is 0 Å². The summed E-state index contributed by atoms with van der Waals surface area (Å²) < 4.78 is 5.68. The molecule has 0 aliphatic rings. The predicted octanol–water partition coefficient (Wildman–Crippen LogP) is 5.27. The van der Waals surface area contributed by atoms with E-state index in [9.17, 15) is 4.79 Å². The van der Waals surface area contributed by atoms with Gasteiger partial charge < -0.3 is 10.1 Å². The zero-order valence-corrected chi connectivity index (χ0v) is 16.8. The van der Waals surface area contributed by atoms with Crippen molar-refractivity contribution in [3.8, 4) is 16.2 Å². The fourth-order valence-electron chi connectivity index (χ4n) is 3.17. The first-order chi connectivity index (χ1) is 13.1. The average molecular weight is 380 g/mol. The molecule has 1 unspecified atom stereocenters. The molecule has 0 saturated heterocycles. The minimum atomic E-state index is -0.304. The van der Waals surface area contributed by atoms with Crippen LogP contribution in [0, 0.1) is 0 Å². The zero-order chi connectivity index (χ0) is 19.2. The van der Waals surface area contributed by atoms with Gasteiger partial charge in [0.15, 0.2) is 0 Å². The first-order valence-corrected chi connectivity index (χ1v) is 10.0. The molecule has 3 rings (SSSR count). The Morgan fingerprint density at radius 1 is 1.07 bits per heavy atom. The van der Waals surface area contributed by atoms with E-state index in [2.05, 4.69) is 35.0 Å². The number of rotatable bonds is 7. The maximum Gasteiger partial charge on any atom is 0.228 e. The van der Waals surface area contributed by atoms with Crippen molar-refractivity contribution in [3.05, 3.63) is 77.2 Å². The van der Waals surface area contributed by atoms with Gasteiger partial charge in [0.2, 0.25) is 5.91 Å². The second-order valence-corrected chi connectivity index (χ2v) is 7.79. The number of ether oxygens (including phenoxy) is 1. The van der Waals surface area contributed by atoms with Gasteiger partial charge in [0.05, 0.1) is 13.0 Å². The van der Waals surface area contributed by atoms with Crippen LogP contribution in [-0.4, -0.2) is 19.1 Å². The molecule has 27 heavy (non-hydrogen) atoms. The van der Waals surface area contributed by atoms with Gasteiger partial charge in [-0.1, -0.05) is 48.5 Å². The molecule has 0 aliphatic heterocycles. The van der Waals surface area contributed by atoms with Gasteiger partial charge in [-0.05, 0) is 48.9 Å². The quantitative estimate of drug-likeness (QED) is 0.607. The van der Waals surface area contributed by atoms with Crippen molar-refractivity contribution in [2.75, 3.05) is 7.11 Å². The van der Waals surface area contributed by atoms with Crippen LogP contribution >= 0.6 is 11.3 Å². The van der Waals surface area contributed by atoms with E-state index in [4.69, 9.17) is 4.74 Å². The second kappa shape index (κ2) is 8.87. The van der Waals surface area contributed by atoms with Gasteiger partial charge in [-0.2, -0.15) is 0 Å². The van der Waals surface area contributed by atoms with Crippen LogP contribution < -0.4 is 10.1 Å². The Kier molecular flexibility index (Phi) is 6.30. The Bertz CT molecular complexity index is 873. The molecule has 0 aliphatic carbocycles. The Hall–Kier alpha value is -2.59. The van der Waals surface area contributed by atoms with E-state index in [0.717, 1.165) is 22.4 Å². The van der Waals surface area contributed by atoms with Crippen molar-refractivity contribution in [1.82, 2.24) is 5.32 Å². The molecule has 1 heterocycles. The fraction of sp³-hybridized carbons (Fsp3) is 0.261. The molecule has 0 radical (unpaired) electrons. The van der Waals surface area contributed by atoms with E-state index in [1.807, 2.05) is 50.2 Å². The molecule has 1 N–H and O–H groups in total. The highest BCUT2D eigenvalue weighted by Gasteiger charge is 2.25. The van der Waals surface area contributed by atoms with Gasteiger partial charge >= 0.3 is 0 Å². The third kappa shape index (κ3) is 4.77. The molecule has 3 nitrogen and oxygen atoms in total. The van der Waals surface area contributed by atoms with Crippen molar-refractivity contribution in [2.24, 2.45) is 0 Å². The second-order valence-electron chi connectivity index (χ2n) is 6.84. The summed E-state index contributed by atoms with van der Waals surface area (Å²) in [4.78, 5) is 14.2. The summed E-state index contributed by atoms with van der Waals surface area (Å²) in [6.07, 6.45) is 0.633. The van der Waals surface area contributed by atoms with Crippen molar-refractivity contribution < 1.29 is 9.53 Å². The molecule has 1 atom stereocenters. The highest BCUT2D eigenvalue weighted by Crippen LogP contribution is 2.35. The molecule has 3 aromatic rings. The number of methoxy groups -OCH3 is 1. The number of benzene rings is 2. The lowest BCUT2D eigenvalue weighted by Crippen LogP contribution is -2.35. The Labute approximate surface area is 165 Å². The monoisotopic (exact) mass is 379 g/mol. The summed E-state index contributed by atoms with van der Waals surface area (Å²) in [6, 6.07) is 20.5. The lowest BCUT2D eigenvalue weighted by molar-refractivity contribution is -0.123. The molecule has 140 valence electrons. The van der Waals surface area contributed by atoms with Crippen LogP contribution in [0.3, 0.4) is 0 Å². The number of nitrogens with one attached hydrogen (secondary N) is 1. The molecule has 1 aromatic heterocycles. The Morgan fingerprint density at radius 2 is 1.85 bits per heavy atom. The summed E-state index contributed by atoms with van der Waals surface area (Å²) >= 11 is 1.69. The average Bonchev–Trinajstić information content (AvgIpc) is 3.21. The van der Waals surface area contributed by atoms with Crippen LogP contribution in [0.4, 0.5) is 0 Å².